The van der Waals surface area contributed by atoms with Gasteiger partial charge in [-0.1, -0.05) is 6.07 Å². The molecular weight excluding hydrogens is 233 g/mol. The Bertz CT molecular complexity index is 473. The summed E-state index contributed by atoms with van der Waals surface area (Å²) in [5, 5.41) is 0. The van der Waals surface area contributed by atoms with Crippen molar-refractivity contribution in [2.45, 2.75) is 6.54 Å². The van der Waals surface area contributed by atoms with Crippen molar-refractivity contribution in [1.82, 2.24) is 4.31 Å². The maximum atomic E-state index is 13.3. The van der Waals surface area contributed by atoms with Gasteiger partial charge in [-0.3, -0.25) is 0 Å². The van der Waals surface area contributed by atoms with E-state index in [0.29, 0.717) is 5.56 Å². The van der Waals surface area contributed by atoms with Crippen molar-refractivity contribution in [3.63, 3.8) is 0 Å². The molecule has 0 aliphatic carbocycles. The second kappa shape index (κ2) is 4.80. The molecule has 0 N–H and O–H groups in total. The smallest absolute Gasteiger partial charge is 0.211 e. The molecule has 0 spiro atoms. The maximum Gasteiger partial charge on any atom is 0.211 e. The molecule has 0 aliphatic heterocycles. The van der Waals surface area contributed by atoms with Crippen molar-refractivity contribution in [3.05, 3.63) is 29.6 Å². The van der Waals surface area contributed by atoms with E-state index in [-0.39, 0.29) is 12.3 Å². The monoisotopic (exact) mass is 247 g/mol. The Morgan fingerprint density at radius 1 is 1.44 bits per heavy atom. The largest absolute Gasteiger partial charge is 0.494 e. The van der Waals surface area contributed by atoms with Crippen molar-refractivity contribution >= 4 is 10.0 Å². The van der Waals surface area contributed by atoms with E-state index < -0.39 is 15.8 Å². The first kappa shape index (κ1) is 12.9. The lowest BCUT2D eigenvalue weighted by atomic mass is 10.2. The molecule has 16 heavy (non-hydrogen) atoms. The second-order valence-electron chi connectivity index (χ2n) is 3.49. The van der Waals surface area contributed by atoms with Gasteiger partial charge in [0.1, 0.15) is 0 Å². The molecule has 0 fully saturated rings. The Kier molecular flexibility index (Phi) is 3.88. The molecular formula is C10H14FNO3S. The fraction of sp³-hybridized carbons (Fsp3) is 0.400. The van der Waals surface area contributed by atoms with Crippen LogP contribution in [0.15, 0.2) is 18.2 Å². The van der Waals surface area contributed by atoms with Crippen molar-refractivity contribution in [3.8, 4) is 5.75 Å². The van der Waals surface area contributed by atoms with Crippen LogP contribution in [0.3, 0.4) is 0 Å². The molecule has 6 heteroatoms. The van der Waals surface area contributed by atoms with E-state index in [1.54, 1.807) is 6.07 Å². The molecule has 90 valence electrons. The molecule has 0 aliphatic rings. The summed E-state index contributed by atoms with van der Waals surface area (Å²) in [6.07, 6.45) is 1.10. The molecule has 0 aromatic heterocycles. The van der Waals surface area contributed by atoms with Crippen LogP contribution in [0.2, 0.25) is 0 Å². The first-order chi connectivity index (χ1) is 7.34. The highest BCUT2D eigenvalue weighted by Gasteiger charge is 2.12. The first-order valence-electron chi connectivity index (χ1n) is 4.58. The van der Waals surface area contributed by atoms with E-state index in [4.69, 9.17) is 4.74 Å². The van der Waals surface area contributed by atoms with Crippen molar-refractivity contribution < 1.29 is 17.5 Å². The zero-order valence-corrected chi connectivity index (χ0v) is 10.2. The third-order valence-corrected chi connectivity index (χ3v) is 3.45. The number of halogens is 1. The van der Waals surface area contributed by atoms with Gasteiger partial charge in [-0.2, -0.15) is 0 Å². The Morgan fingerprint density at radius 3 is 2.50 bits per heavy atom. The number of hydrogen-bond donors (Lipinski definition) is 0. The van der Waals surface area contributed by atoms with Gasteiger partial charge in [-0.15, -0.1) is 0 Å². The number of benzene rings is 1. The highest BCUT2D eigenvalue weighted by atomic mass is 32.2. The van der Waals surface area contributed by atoms with Crippen LogP contribution in [0.1, 0.15) is 5.56 Å². The molecule has 0 atom stereocenters. The van der Waals surface area contributed by atoms with E-state index in [9.17, 15) is 12.8 Å². The molecule has 1 rings (SSSR count). The Labute approximate surface area is 94.7 Å². The number of ether oxygens (including phenoxy) is 1. The van der Waals surface area contributed by atoms with Gasteiger partial charge < -0.3 is 4.74 Å². The summed E-state index contributed by atoms with van der Waals surface area (Å²) in [4.78, 5) is 0. The quantitative estimate of drug-likeness (QED) is 0.804. The molecule has 0 radical (unpaired) electrons. The average Bonchev–Trinajstić information content (AvgIpc) is 2.16. The van der Waals surface area contributed by atoms with E-state index in [0.717, 1.165) is 10.6 Å². The molecule has 0 saturated heterocycles. The Balaban J connectivity index is 2.88. The van der Waals surface area contributed by atoms with Gasteiger partial charge in [0.2, 0.25) is 10.0 Å². The summed E-state index contributed by atoms with van der Waals surface area (Å²) in [5.41, 5.74) is 0.575. The molecule has 0 unspecified atom stereocenters. The highest BCUT2D eigenvalue weighted by molar-refractivity contribution is 7.88. The predicted molar refractivity (Wildman–Crippen MR) is 59.3 cm³/mol. The zero-order valence-electron chi connectivity index (χ0n) is 9.40. The van der Waals surface area contributed by atoms with Gasteiger partial charge >= 0.3 is 0 Å². The lowest BCUT2D eigenvalue weighted by molar-refractivity contribution is 0.385. The third-order valence-electron chi connectivity index (χ3n) is 2.19. The molecule has 0 amide bonds. The van der Waals surface area contributed by atoms with Gasteiger partial charge in [0.15, 0.2) is 11.6 Å². The van der Waals surface area contributed by atoms with Crippen LogP contribution >= 0.6 is 0 Å². The topological polar surface area (TPSA) is 46.6 Å². The predicted octanol–water partition coefficient (Wildman–Crippen LogP) is 1.23. The van der Waals surface area contributed by atoms with Crippen LogP contribution in [0.5, 0.6) is 5.75 Å². The highest BCUT2D eigenvalue weighted by Crippen LogP contribution is 2.18. The minimum Gasteiger partial charge on any atom is -0.494 e. The summed E-state index contributed by atoms with van der Waals surface area (Å²) < 4.78 is 41.5. The molecule has 0 saturated carbocycles. The lowest BCUT2D eigenvalue weighted by Crippen LogP contribution is -2.24. The molecule has 0 heterocycles. The summed E-state index contributed by atoms with van der Waals surface area (Å²) >= 11 is 0. The van der Waals surface area contributed by atoms with Gasteiger partial charge in [0, 0.05) is 13.6 Å². The zero-order chi connectivity index (χ0) is 12.3. The number of rotatable bonds is 4. The number of methoxy groups -OCH3 is 1. The van der Waals surface area contributed by atoms with Crippen LogP contribution < -0.4 is 4.74 Å². The summed E-state index contributed by atoms with van der Waals surface area (Å²) in [5.74, 6) is -0.354. The first-order valence-corrected chi connectivity index (χ1v) is 6.43. The SMILES string of the molecule is COc1ccc(CN(C)S(C)(=O)=O)cc1F. The minimum absolute atomic E-state index is 0.139. The van der Waals surface area contributed by atoms with E-state index in [1.165, 1.54) is 26.3 Å². The number of sulfonamides is 1. The van der Waals surface area contributed by atoms with Crippen LogP contribution in [0.4, 0.5) is 4.39 Å². The minimum atomic E-state index is -3.25. The second-order valence-corrected chi connectivity index (χ2v) is 5.58. The van der Waals surface area contributed by atoms with E-state index in [2.05, 4.69) is 0 Å². The molecule has 4 nitrogen and oxygen atoms in total. The third kappa shape index (κ3) is 3.18. The van der Waals surface area contributed by atoms with Gasteiger partial charge in [0.25, 0.3) is 0 Å². The Hall–Kier alpha value is -1.14. The fourth-order valence-electron chi connectivity index (χ4n) is 1.18. The van der Waals surface area contributed by atoms with Crippen molar-refractivity contribution in [2.75, 3.05) is 20.4 Å². The maximum absolute atomic E-state index is 13.3. The number of nitrogens with zero attached hydrogens (tertiary/aromatic N) is 1. The van der Waals surface area contributed by atoms with Crippen LogP contribution in [0.25, 0.3) is 0 Å². The molecule has 1 aromatic rings. The van der Waals surface area contributed by atoms with Gasteiger partial charge in [-0.25, -0.2) is 17.1 Å². The van der Waals surface area contributed by atoms with Crippen LogP contribution in [-0.2, 0) is 16.6 Å². The van der Waals surface area contributed by atoms with Crippen molar-refractivity contribution in [1.29, 1.82) is 0 Å². The summed E-state index contributed by atoms with van der Waals surface area (Å²) in [6.45, 7) is 0.139. The fourth-order valence-corrected chi connectivity index (χ4v) is 1.57. The standard InChI is InChI=1S/C10H14FNO3S/c1-12(16(3,13)14)7-8-4-5-10(15-2)9(11)6-8/h4-6H,7H2,1-3H3. The summed E-state index contributed by atoms with van der Waals surface area (Å²) in [7, 11) is -0.432. The van der Waals surface area contributed by atoms with E-state index in [1.807, 2.05) is 0 Å². The molecule has 0 bridgehead atoms. The van der Waals surface area contributed by atoms with Crippen LogP contribution in [0, 0.1) is 5.82 Å². The van der Waals surface area contributed by atoms with Crippen molar-refractivity contribution in [2.24, 2.45) is 0 Å². The van der Waals surface area contributed by atoms with Crippen LogP contribution in [-0.4, -0.2) is 33.1 Å². The molecule has 1 aromatic carbocycles. The van der Waals surface area contributed by atoms with E-state index >= 15 is 0 Å². The average molecular weight is 247 g/mol. The lowest BCUT2D eigenvalue weighted by Gasteiger charge is -2.14. The summed E-state index contributed by atoms with van der Waals surface area (Å²) in [6, 6.07) is 4.37. The number of hydrogen-bond acceptors (Lipinski definition) is 3. The van der Waals surface area contributed by atoms with Gasteiger partial charge in [0.05, 0.1) is 13.4 Å². The van der Waals surface area contributed by atoms with Gasteiger partial charge in [-0.05, 0) is 17.7 Å². The Morgan fingerprint density at radius 2 is 2.06 bits per heavy atom. The normalized spacial score (nSPS) is 11.8.